The Balaban J connectivity index is 1.59. The van der Waals surface area contributed by atoms with Crippen molar-refractivity contribution in [3.63, 3.8) is 0 Å². The zero-order chi connectivity index (χ0) is 11.5. The van der Waals surface area contributed by atoms with Crippen LogP contribution in [0.2, 0.25) is 0 Å². The maximum atomic E-state index is 3.80. The van der Waals surface area contributed by atoms with Crippen LogP contribution in [-0.2, 0) is 0 Å². The predicted octanol–water partition coefficient (Wildman–Crippen LogP) is 2.68. The fourth-order valence-electron chi connectivity index (χ4n) is 3.16. The Bertz CT molecular complexity index is 209. The van der Waals surface area contributed by atoms with E-state index in [1.165, 1.54) is 38.5 Å². The van der Waals surface area contributed by atoms with Gasteiger partial charge < -0.3 is 10.6 Å². The largest absolute Gasteiger partial charge is 0.311 e. The Morgan fingerprint density at radius 2 is 1.75 bits per heavy atom. The van der Waals surface area contributed by atoms with Gasteiger partial charge >= 0.3 is 0 Å². The van der Waals surface area contributed by atoms with Crippen molar-refractivity contribution in [2.45, 2.75) is 83.5 Å². The first-order chi connectivity index (χ1) is 7.65. The number of nitrogens with one attached hydrogen (secondary N) is 2. The summed E-state index contributed by atoms with van der Waals surface area (Å²) in [5, 5.41) is 7.43. The normalized spacial score (nSPS) is 32.2. The van der Waals surface area contributed by atoms with Crippen LogP contribution in [-0.4, -0.2) is 24.2 Å². The van der Waals surface area contributed by atoms with Gasteiger partial charge in [0, 0.05) is 24.2 Å². The monoisotopic (exact) mass is 224 g/mol. The van der Waals surface area contributed by atoms with Gasteiger partial charge in [-0.25, -0.2) is 0 Å². The summed E-state index contributed by atoms with van der Waals surface area (Å²) in [5.74, 6) is 0.936. The van der Waals surface area contributed by atoms with E-state index in [0.29, 0.717) is 12.1 Å². The van der Waals surface area contributed by atoms with Gasteiger partial charge in [0.1, 0.15) is 0 Å². The molecule has 0 heterocycles. The molecule has 0 aromatic rings. The van der Waals surface area contributed by atoms with Crippen molar-refractivity contribution in [3.05, 3.63) is 0 Å². The van der Waals surface area contributed by atoms with Crippen LogP contribution in [0.4, 0.5) is 0 Å². The number of hydrogen-bond donors (Lipinski definition) is 2. The van der Waals surface area contributed by atoms with Gasteiger partial charge in [0.2, 0.25) is 0 Å². The second kappa shape index (κ2) is 5.50. The Labute approximate surface area is 101 Å². The average molecular weight is 224 g/mol. The first-order valence-electron chi connectivity index (χ1n) is 7.17. The molecule has 2 rings (SSSR count). The minimum Gasteiger partial charge on any atom is -0.311 e. The van der Waals surface area contributed by atoms with Gasteiger partial charge in [-0.15, -0.1) is 0 Å². The Morgan fingerprint density at radius 3 is 2.38 bits per heavy atom. The average Bonchev–Trinajstić information content (AvgIpc) is 2.72. The molecule has 0 radical (unpaired) electrons. The maximum absolute atomic E-state index is 3.80. The van der Waals surface area contributed by atoms with Crippen LogP contribution in [0.25, 0.3) is 0 Å². The smallest absolute Gasteiger partial charge is 0.0102 e. The number of rotatable bonds is 6. The second-order valence-electron chi connectivity index (χ2n) is 6.21. The van der Waals surface area contributed by atoms with Gasteiger partial charge in [0.05, 0.1) is 0 Å². The van der Waals surface area contributed by atoms with Crippen LogP contribution in [0.5, 0.6) is 0 Å². The molecular formula is C14H28N2. The summed E-state index contributed by atoms with van der Waals surface area (Å²) in [6, 6.07) is 3.00. The molecule has 0 aromatic heterocycles. The SMILES string of the molecule is CC(C)NC1CC1CC(C)NC1CCCC1. The van der Waals surface area contributed by atoms with Gasteiger partial charge in [0.15, 0.2) is 0 Å². The molecule has 0 spiro atoms. The Morgan fingerprint density at radius 1 is 1.06 bits per heavy atom. The van der Waals surface area contributed by atoms with E-state index in [9.17, 15) is 0 Å². The van der Waals surface area contributed by atoms with Crippen molar-refractivity contribution in [2.24, 2.45) is 5.92 Å². The van der Waals surface area contributed by atoms with E-state index in [2.05, 4.69) is 31.4 Å². The van der Waals surface area contributed by atoms with Gasteiger partial charge in [-0.3, -0.25) is 0 Å². The highest BCUT2D eigenvalue weighted by Crippen LogP contribution is 2.35. The third-order valence-corrected chi connectivity index (χ3v) is 4.00. The van der Waals surface area contributed by atoms with Crippen LogP contribution in [0.1, 0.15) is 59.3 Å². The molecule has 2 N–H and O–H groups in total. The first kappa shape index (κ1) is 12.4. The van der Waals surface area contributed by atoms with E-state index >= 15 is 0 Å². The summed E-state index contributed by atoms with van der Waals surface area (Å²) in [5.41, 5.74) is 0. The zero-order valence-electron chi connectivity index (χ0n) is 11.1. The summed E-state index contributed by atoms with van der Waals surface area (Å²) in [4.78, 5) is 0. The molecule has 0 aromatic carbocycles. The molecule has 2 nitrogen and oxygen atoms in total. The molecule has 0 saturated heterocycles. The molecule has 2 fully saturated rings. The highest BCUT2D eigenvalue weighted by molar-refractivity contribution is 4.95. The lowest BCUT2D eigenvalue weighted by Crippen LogP contribution is -2.35. The topological polar surface area (TPSA) is 24.1 Å². The molecular weight excluding hydrogens is 196 g/mol. The number of hydrogen-bond acceptors (Lipinski definition) is 2. The van der Waals surface area contributed by atoms with Crippen LogP contribution in [0, 0.1) is 5.92 Å². The molecule has 16 heavy (non-hydrogen) atoms. The van der Waals surface area contributed by atoms with Gasteiger partial charge in [-0.1, -0.05) is 26.7 Å². The predicted molar refractivity (Wildman–Crippen MR) is 69.6 cm³/mol. The van der Waals surface area contributed by atoms with Crippen molar-refractivity contribution in [2.75, 3.05) is 0 Å². The zero-order valence-corrected chi connectivity index (χ0v) is 11.1. The summed E-state index contributed by atoms with van der Waals surface area (Å²) in [6.45, 7) is 6.86. The molecule has 0 bridgehead atoms. The maximum Gasteiger partial charge on any atom is 0.0102 e. The Hall–Kier alpha value is -0.0800. The molecule has 2 heteroatoms. The molecule has 3 unspecified atom stereocenters. The third-order valence-electron chi connectivity index (χ3n) is 4.00. The minimum atomic E-state index is 0.646. The molecule has 3 atom stereocenters. The Kier molecular flexibility index (Phi) is 4.26. The third kappa shape index (κ3) is 3.74. The van der Waals surface area contributed by atoms with Crippen molar-refractivity contribution in [1.29, 1.82) is 0 Å². The summed E-state index contributed by atoms with van der Waals surface area (Å²) in [6.07, 6.45) is 8.44. The summed E-state index contributed by atoms with van der Waals surface area (Å²) >= 11 is 0. The van der Waals surface area contributed by atoms with Crippen molar-refractivity contribution >= 4 is 0 Å². The lowest BCUT2D eigenvalue weighted by molar-refractivity contribution is 0.407. The standard InChI is InChI=1S/C14H28N2/c1-10(2)15-14-9-12(14)8-11(3)16-13-6-4-5-7-13/h10-16H,4-9H2,1-3H3. The molecule has 0 aliphatic heterocycles. The van der Waals surface area contributed by atoms with Crippen LogP contribution < -0.4 is 10.6 Å². The fraction of sp³-hybridized carbons (Fsp3) is 1.00. The van der Waals surface area contributed by atoms with E-state index < -0.39 is 0 Å². The second-order valence-corrected chi connectivity index (χ2v) is 6.21. The van der Waals surface area contributed by atoms with Crippen LogP contribution >= 0.6 is 0 Å². The minimum absolute atomic E-state index is 0.646. The van der Waals surface area contributed by atoms with E-state index in [1.807, 2.05) is 0 Å². The molecule has 2 saturated carbocycles. The van der Waals surface area contributed by atoms with Crippen molar-refractivity contribution in [1.82, 2.24) is 10.6 Å². The first-order valence-corrected chi connectivity index (χ1v) is 7.17. The van der Waals surface area contributed by atoms with Crippen molar-refractivity contribution < 1.29 is 0 Å². The fourth-order valence-corrected chi connectivity index (χ4v) is 3.16. The van der Waals surface area contributed by atoms with Gasteiger partial charge in [0.25, 0.3) is 0 Å². The summed E-state index contributed by atoms with van der Waals surface area (Å²) in [7, 11) is 0. The molecule has 94 valence electrons. The van der Waals surface area contributed by atoms with E-state index in [0.717, 1.165) is 18.0 Å². The lowest BCUT2D eigenvalue weighted by atomic mass is 10.1. The van der Waals surface area contributed by atoms with Crippen molar-refractivity contribution in [3.8, 4) is 0 Å². The van der Waals surface area contributed by atoms with E-state index in [-0.39, 0.29) is 0 Å². The molecule has 2 aliphatic rings. The summed E-state index contributed by atoms with van der Waals surface area (Å²) < 4.78 is 0. The van der Waals surface area contributed by atoms with Crippen LogP contribution in [0.15, 0.2) is 0 Å². The molecule has 0 amide bonds. The highest BCUT2D eigenvalue weighted by Gasteiger charge is 2.37. The van der Waals surface area contributed by atoms with Crippen LogP contribution in [0.3, 0.4) is 0 Å². The lowest BCUT2D eigenvalue weighted by Gasteiger charge is -2.19. The molecule has 2 aliphatic carbocycles. The van der Waals surface area contributed by atoms with E-state index in [1.54, 1.807) is 0 Å². The van der Waals surface area contributed by atoms with Gasteiger partial charge in [-0.2, -0.15) is 0 Å². The van der Waals surface area contributed by atoms with Gasteiger partial charge in [-0.05, 0) is 38.5 Å². The van der Waals surface area contributed by atoms with E-state index in [4.69, 9.17) is 0 Å². The quantitative estimate of drug-likeness (QED) is 0.725. The highest BCUT2D eigenvalue weighted by atomic mass is 15.0.